The van der Waals surface area contributed by atoms with Crippen molar-refractivity contribution in [3.63, 3.8) is 0 Å². The zero-order valence-corrected chi connectivity index (χ0v) is 13.6. The van der Waals surface area contributed by atoms with Gasteiger partial charge in [0.05, 0.1) is 17.9 Å². The molecule has 6 nitrogen and oxygen atoms in total. The van der Waals surface area contributed by atoms with E-state index in [0.717, 1.165) is 37.4 Å². The lowest BCUT2D eigenvalue weighted by atomic mass is 10.2. The summed E-state index contributed by atoms with van der Waals surface area (Å²) < 4.78 is 2.17. The van der Waals surface area contributed by atoms with Gasteiger partial charge in [-0.15, -0.1) is 0 Å². The van der Waals surface area contributed by atoms with Crippen molar-refractivity contribution >= 4 is 11.7 Å². The van der Waals surface area contributed by atoms with Crippen LogP contribution < -0.4 is 5.32 Å². The van der Waals surface area contributed by atoms with Crippen LogP contribution >= 0.6 is 0 Å². The smallest absolute Gasteiger partial charge is 0.322 e. The van der Waals surface area contributed by atoms with Crippen LogP contribution in [0.1, 0.15) is 38.4 Å². The van der Waals surface area contributed by atoms with Crippen molar-refractivity contribution < 1.29 is 4.79 Å². The first-order valence-corrected chi connectivity index (χ1v) is 8.14. The van der Waals surface area contributed by atoms with E-state index in [1.807, 2.05) is 29.4 Å². The molecule has 2 amide bonds. The van der Waals surface area contributed by atoms with Crippen LogP contribution in [0.5, 0.6) is 0 Å². The third-order valence-corrected chi connectivity index (χ3v) is 4.22. The third-order valence-electron chi connectivity index (χ3n) is 4.22. The van der Waals surface area contributed by atoms with E-state index >= 15 is 0 Å². The van der Waals surface area contributed by atoms with E-state index in [1.165, 1.54) is 0 Å². The van der Waals surface area contributed by atoms with Crippen molar-refractivity contribution in [2.45, 2.75) is 45.2 Å². The van der Waals surface area contributed by atoms with Crippen LogP contribution in [-0.4, -0.2) is 38.1 Å². The Morgan fingerprint density at radius 2 is 2.30 bits per heavy atom. The summed E-state index contributed by atoms with van der Waals surface area (Å²) in [5.41, 5.74) is 0.730. The van der Waals surface area contributed by atoms with Crippen LogP contribution in [0, 0.1) is 0 Å². The minimum absolute atomic E-state index is 0.0493. The molecule has 3 heterocycles. The van der Waals surface area contributed by atoms with E-state index in [0.29, 0.717) is 5.92 Å². The SMILES string of the molecule is CC(C)c1nccn1C[C@@H]1CCCN1C(=O)Nc1cccnc1. The third kappa shape index (κ3) is 3.52. The van der Waals surface area contributed by atoms with E-state index in [1.54, 1.807) is 12.4 Å². The Hall–Kier alpha value is -2.37. The fourth-order valence-corrected chi connectivity index (χ4v) is 3.13. The number of carbonyl (C=O) groups is 1. The summed E-state index contributed by atoms with van der Waals surface area (Å²) in [6.45, 7) is 5.87. The van der Waals surface area contributed by atoms with Gasteiger partial charge in [0.15, 0.2) is 0 Å². The van der Waals surface area contributed by atoms with Gasteiger partial charge in [0, 0.05) is 37.6 Å². The number of pyridine rings is 1. The first-order chi connectivity index (χ1) is 11.1. The van der Waals surface area contributed by atoms with Crippen LogP contribution in [0.15, 0.2) is 36.9 Å². The molecular formula is C17H23N5O. The number of imidazole rings is 1. The number of carbonyl (C=O) groups excluding carboxylic acids is 1. The highest BCUT2D eigenvalue weighted by atomic mass is 16.2. The Morgan fingerprint density at radius 1 is 1.43 bits per heavy atom. The Kier molecular flexibility index (Phi) is 4.60. The number of likely N-dealkylation sites (tertiary alicyclic amines) is 1. The van der Waals surface area contributed by atoms with Crippen molar-refractivity contribution in [3.05, 3.63) is 42.7 Å². The molecule has 6 heteroatoms. The Labute approximate surface area is 136 Å². The first-order valence-electron chi connectivity index (χ1n) is 8.14. The number of nitrogens with one attached hydrogen (secondary N) is 1. The van der Waals surface area contributed by atoms with Gasteiger partial charge in [-0.1, -0.05) is 13.8 Å². The largest absolute Gasteiger partial charge is 0.333 e. The number of aromatic nitrogens is 3. The molecule has 0 unspecified atom stereocenters. The highest BCUT2D eigenvalue weighted by molar-refractivity contribution is 5.89. The second-order valence-corrected chi connectivity index (χ2v) is 6.25. The molecule has 23 heavy (non-hydrogen) atoms. The van der Waals surface area contributed by atoms with E-state index in [9.17, 15) is 4.79 Å². The lowest BCUT2D eigenvalue weighted by Crippen LogP contribution is -2.41. The molecule has 1 saturated heterocycles. The van der Waals surface area contributed by atoms with Crippen LogP contribution in [0.2, 0.25) is 0 Å². The van der Waals surface area contributed by atoms with Crippen LogP contribution in [0.25, 0.3) is 0 Å². The average Bonchev–Trinajstić information content (AvgIpc) is 3.18. The highest BCUT2D eigenvalue weighted by Crippen LogP contribution is 2.22. The van der Waals surface area contributed by atoms with Gasteiger partial charge in [-0.2, -0.15) is 0 Å². The van der Waals surface area contributed by atoms with Crippen LogP contribution in [0.4, 0.5) is 10.5 Å². The fourth-order valence-electron chi connectivity index (χ4n) is 3.13. The summed E-state index contributed by atoms with van der Waals surface area (Å²) in [6.07, 6.45) is 9.26. The molecule has 1 aliphatic rings. The standard InChI is InChI=1S/C17H23N5O/c1-13(2)16-19-8-10-21(16)12-15-6-4-9-22(15)17(23)20-14-5-3-7-18-11-14/h3,5,7-8,10-11,13,15H,4,6,9,12H2,1-2H3,(H,20,23)/t15-/m0/s1. The molecule has 2 aromatic rings. The van der Waals surface area contributed by atoms with Crippen LogP contribution in [0.3, 0.4) is 0 Å². The van der Waals surface area contributed by atoms with Crippen molar-refractivity contribution in [3.8, 4) is 0 Å². The molecule has 0 radical (unpaired) electrons. The van der Waals surface area contributed by atoms with E-state index in [4.69, 9.17) is 0 Å². The van der Waals surface area contributed by atoms with E-state index in [2.05, 4.69) is 33.7 Å². The van der Waals surface area contributed by atoms with Crippen molar-refractivity contribution in [2.24, 2.45) is 0 Å². The van der Waals surface area contributed by atoms with Gasteiger partial charge in [0.25, 0.3) is 0 Å². The predicted octanol–water partition coefficient (Wildman–Crippen LogP) is 3.10. The summed E-state index contributed by atoms with van der Waals surface area (Å²) in [6, 6.07) is 3.82. The number of hydrogen-bond acceptors (Lipinski definition) is 3. The van der Waals surface area contributed by atoms with Crippen LogP contribution in [-0.2, 0) is 6.54 Å². The molecule has 122 valence electrons. The Balaban J connectivity index is 1.68. The molecule has 0 spiro atoms. The van der Waals surface area contributed by atoms with Gasteiger partial charge in [0.1, 0.15) is 5.82 Å². The normalized spacial score (nSPS) is 17.7. The number of rotatable bonds is 4. The van der Waals surface area contributed by atoms with Crippen molar-refractivity contribution in [1.29, 1.82) is 0 Å². The summed E-state index contributed by atoms with van der Waals surface area (Å²) >= 11 is 0. The van der Waals surface area contributed by atoms with E-state index < -0.39 is 0 Å². The highest BCUT2D eigenvalue weighted by Gasteiger charge is 2.29. The van der Waals surface area contributed by atoms with Gasteiger partial charge in [-0.3, -0.25) is 4.98 Å². The summed E-state index contributed by atoms with van der Waals surface area (Å²) in [4.78, 5) is 22.9. The molecule has 1 N–H and O–H groups in total. The number of nitrogens with zero attached hydrogens (tertiary/aromatic N) is 4. The maximum absolute atomic E-state index is 12.5. The van der Waals surface area contributed by atoms with Crippen molar-refractivity contribution in [2.75, 3.05) is 11.9 Å². The molecule has 0 aliphatic carbocycles. The lowest BCUT2D eigenvalue weighted by Gasteiger charge is -2.26. The lowest BCUT2D eigenvalue weighted by molar-refractivity contribution is 0.200. The molecule has 0 bridgehead atoms. The molecule has 1 fully saturated rings. The molecule has 1 aliphatic heterocycles. The molecule has 3 rings (SSSR count). The topological polar surface area (TPSA) is 63.1 Å². The number of amides is 2. The molecule has 0 saturated carbocycles. The second-order valence-electron chi connectivity index (χ2n) is 6.25. The number of hydrogen-bond donors (Lipinski definition) is 1. The first kappa shape index (κ1) is 15.5. The van der Waals surface area contributed by atoms with Gasteiger partial charge >= 0.3 is 6.03 Å². The molecular weight excluding hydrogens is 290 g/mol. The molecule has 1 atom stereocenters. The van der Waals surface area contributed by atoms with Gasteiger partial charge in [-0.25, -0.2) is 9.78 Å². The predicted molar refractivity (Wildman–Crippen MR) is 89.3 cm³/mol. The van der Waals surface area contributed by atoms with Gasteiger partial charge < -0.3 is 14.8 Å². The molecule has 2 aromatic heterocycles. The number of anilines is 1. The van der Waals surface area contributed by atoms with Crippen molar-refractivity contribution in [1.82, 2.24) is 19.4 Å². The van der Waals surface area contributed by atoms with Gasteiger partial charge in [0.2, 0.25) is 0 Å². The maximum Gasteiger partial charge on any atom is 0.322 e. The Bertz CT molecular complexity index is 652. The maximum atomic E-state index is 12.5. The van der Waals surface area contributed by atoms with E-state index in [-0.39, 0.29) is 12.1 Å². The minimum atomic E-state index is -0.0493. The Morgan fingerprint density at radius 3 is 3.04 bits per heavy atom. The monoisotopic (exact) mass is 313 g/mol. The van der Waals surface area contributed by atoms with Gasteiger partial charge in [-0.05, 0) is 25.0 Å². The second kappa shape index (κ2) is 6.81. The zero-order chi connectivity index (χ0) is 16.2. The quantitative estimate of drug-likeness (QED) is 0.943. The fraction of sp³-hybridized carbons (Fsp3) is 0.471. The molecule has 0 aromatic carbocycles. The number of urea groups is 1. The summed E-state index contributed by atoms with van der Waals surface area (Å²) in [7, 11) is 0. The average molecular weight is 313 g/mol. The zero-order valence-electron chi connectivity index (χ0n) is 13.6. The minimum Gasteiger partial charge on any atom is -0.333 e. The summed E-state index contributed by atoms with van der Waals surface area (Å²) in [5, 5.41) is 2.93. The summed E-state index contributed by atoms with van der Waals surface area (Å²) in [5.74, 6) is 1.45.